The molecule has 3 heteroatoms. The van der Waals surface area contributed by atoms with Crippen LogP contribution in [-0.4, -0.2) is 17.8 Å². The topological polar surface area (TPSA) is 29.1 Å². The third kappa shape index (κ3) is 7.97. The second-order valence-electron chi connectivity index (χ2n) is 5.53. The number of hydrogen-bond donors (Lipinski definition) is 1. The summed E-state index contributed by atoms with van der Waals surface area (Å²) in [5.41, 5.74) is 0. The number of carbonyl (C=O) groups excluding carboxylic acids is 1. The molecule has 1 atom stereocenters. The smallest absolute Gasteiger partial charge is 0.220 e. The van der Waals surface area contributed by atoms with Crippen LogP contribution in [0.5, 0.6) is 0 Å². The van der Waals surface area contributed by atoms with Gasteiger partial charge in [0.15, 0.2) is 0 Å². The number of rotatable bonds is 11. The summed E-state index contributed by atoms with van der Waals surface area (Å²) in [7, 11) is 0. The molecule has 0 aromatic heterocycles. The summed E-state index contributed by atoms with van der Waals surface area (Å²) in [6.07, 6.45) is 11.9. The van der Waals surface area contributed by atoms with Gasteiger partial charge in [0.2, 0.25) is 5.91 Å². The van der Waals surface area contributed by atoms with Gasteiger partial charge in [-0.1, -0.05) is 45.4 Å². The number of nitrogens with one attached hydrogen (secondary N) is 1. The van der Waals surface area contributed by atoms with Crippen molar-refractivity contribution >= 4 is 17.5 Å². The number of halogens is 1. The highest BCUT2D eigenvalue weighted by molar-refractivity contribution is 6.21. The summed E-state index contributed by atoms with van der Waals surface area (Å²) < 4.78 is 0. The van der Waals surface area contributed by atoms with Gasteiger partial charge in [-0.2, -0.15) is 0 Å². The van der Waals surface area contributed by atoms with E-state index in [2.05, 4.69) is 12.2 Å². The van der Waals surface area contributed by atoms with E-state index in [4.69, 9.17) is 11.6 Å². The Hall–Kier alpha value is -0.240. The lowest BCUT2D eigenvalue weighted by Crippen LogP contribution is -2.30. The molecule has 1 N–H and O–H groups in total. The Bertz CT molecular complexity index is 229. The molecule has 1 fully saturated rings. The number of hydrogen-bond acceptors (Lipinski definition) is 1. The molecule has 0 spiro atoms. The number of amides is 1. The van der Waals surface area contributed by atoms with Gasteiger partial charge in [-0.3, -0.25) is 4.79 Å². The fourth-order valence-corrected chi connectivity index (χ4v) is 2.50. The van der Waals surface area contributed by atoms with Crippen LogP contribution in [0, 0.1) is 5.92 Å². The molecule has 0 bridgehead atoms. The quantitative estimate of drug-likeness (QED) is 0.442. The lowest BCUT2D eigenvalue weighted by Gasteiger charge is -2.09. The normalized spacial score (nSPS) is 16.6. The van der Waals surface area contributed by atoms with Gasteiger partial charge in [-0.15, -0.1) is 11.6 Å². The molecule has 1 unspecified atom stereocenters. The molecule has 0 aromatic carbocycles. The maximum Gasteiger partial charge on any atom is 0.220 e. The first-order chi connectivity index (χ1) is 8.74. The molecule has 2 nitrogen and oxygen atoms in total. The molecule has 18 heavy (non-hydrogen) atoms. The van der Waals surface area contributed by atoms with Crippen LogP contribution in [0.25, 0.3) is 0 Å². The monoisotopic (exact) mass is 273 g/mol. The zero-order valence-electron chi connectivity index (χ0n) is 11.7. The molecule has 1 amide bonds. The standard InChI is InChI=1S/C15H28ClNO/c1-2-3-4-5-6-7-8-9-15(18)17-12-14(16)13-10-11-13/h13-14H,2-12H2,1H3,(H,17,18). The van der Waals surface area contributed by atoms with Crippen LogP contribution in [0.4, 0.5) is 0 Å². The first kappa shape index (κ1) is 15.8. The van der Waals surface area contributed by atoms with Gasteiger partial charge < -0.3 is 5.32 Å². The van der Waals surface area contributed by atoms with Crippen molar-refractivity contribution in [3.63, 3.8) is 0 Å². The van der Waals surface area contributed by atoms with Crippen molar-refractivity contribution in [2.24, 2.45) is 5.92 Å². The van der Waals surface area contributed by atoms with Gasteiger partial charge in [-0.25, -0.2) is 0 Å². The van der Waals surface area contributed by atoms with Crippen molar-refractivity contribution < 1.29 is 4.79 Å². The first-order valence-corrected chi connectivity index (χ1v) is 8.08. The van der Waals surface area contributed by atoms with Crippen molar-refractivity contribution in [3.05, 3.63) is 0 Å². The van der Waals surface area contributed by atoms with Crippen LogP contribution in [0.3, 0.4) is 0 Å². The van der Waals surface area contributed by atoms with Crippen molar-refractivity contribution in [2.45, 2.75) is 76.5 Å². The predicted octanol–water partition coefficient (Wildman–Crippen LogP) is 4.26. The second-order valence-corrected chi connectivity index (χ2v) is 6.09. The van der Waals surface area contributed by atoms with Gasteiger partial charge in [0, 0.05) is 13.0 Å². The Balaban J connectivity index is 1.84. The van der Waals surface area contributed by atoms with Crippen molar-refractivity contribution in [1.29, 1.82) is 0 Å². The van der Waals surface area contributed by atoms with Crippen molar-refractivity contribution in [3.8, 4) is 0 Å². The highest BCUT2D eigenvalue weighted by Crippen LogP contribution is 2.35. The summed E-state index contributed by atoms with van der Waals surface area (Å²) in [6.45, 7) is 2.89. The van der Waals surface area contributed by atoms with E-state index in [-0.39, 0.29) is 11.3 Å². The van der Waals surface area contributed by atoms with Gasteiger partial charge >= 0.3 is 0 Å². The van der Waals surface area contributed by atoms with Crippen LogP contribution in [0.1, 0.15) is 71.1 Å². The molecule has 1 rings (SSSR count). The molecule has 1 aliphatic carbocycles. The van der Waals surface area contributed by atoms with Crippen LogP contribution < -0.4 is 5.32 Å². The Kier molecular flexibility index (Phi) is 8.49. The third-order valence-electron chi connectivity index (χ3n) is 3.64. The minimum atomic E-state index is 0.156. The second kappa shape index (κ2) is 9.66. The number of carbonyl (C=O) groups is 1. The summed E-state index contributed by atoms with van der Waals surface area (Å²) in [6, 6.07) is 0. The average Bonchev–Trinajstić information content (AvgIpc) is 3.19. The fraction of sp³-hybridized carbons (Fsp3) is 0.933. The largest absolute Gasteiger partial charge is 0.355 e. The predicted molar refractivity (Wildman–Crippen MR) is 78.0 cm³/mol. The maximum absolute atomic E-state index is 11.6. The highest BCUT2D eigenvalue weighted by atomic mass is 35.5. The van der Waals surface area contributed by atoms with Gasteiger partial charge in [-0.05, 0) is 25.2 Å². The lowest BCUT2D eigenvalue weighted by molar-refractivity contribution is -0.121. The molecule has 0 heterocycles. The Morgan fingerprint density at radius 2 is 1.78 bits per heavy atom. The van der Waals surface area contributed by atoms with E-state index in [1.54, 1.807) is 0 Å². The first-order valence-electron chi connectivity index (χ1n) is 7.64. The fourth-order valence-electron chi connectivity index (χ4n) is 2.17. The minimum absolute atomic E-state index is 0.156. The number of unbranched alkanes of at least 4 members (excludes halogenated alkanes) is 6. The maximum atomic E-state index is 11.6. The van der Waals surface area contributed by atoms with Gasteiger partial charge in [0.25, 0.3) is 0 Å². The molecule has 0 aliphatic heterocycles. The molecule has 1 aliphatic rings. The van der Waals surface area contributed by atoms with Gasteiger partial charge in [0.1, 0.15) is 0 Å². The van der Waals surface area contributed by atoms with E-state index in [0.717, 1.165) is 6.42 Å². The number of alkyl halides is 1. The van der Waals surface area contributed by atoms with Crippen LogP contribution in [0.2, 0.25) is 0 Å². The zero-order chi connectivity index (χ0) is 13.2. The molecule has 1 saturated carbocycles. The Morgan fingerprint density at radius 1 is 1.17 bits per heavy atom. The zero-order valence-corrected chi connectivity index (χ0v) is 12.5. The van der Waals surface area contributed by atoms with Crippen LogP contribution >= 0.6 is 11.6 Å². The Labute approximate surface area is 117 Å². The average molecular weight is 274 g/mol. The summed E-state index contributed by atoms with van der Waals surface area (Å²) in [5, 5.41) is 3.10. The highest BCUT2D eigenvalue weighted by Gasteiger charge is 2.29. The molecular weight excluding hydrogens is 246 g/mol. The molecular formula is C15H28ClNO. The molecule has 0 saturated heterocycles. The van der Waals surface area contributed by atoms with Crippen molar-refractivity contribution in [1.82, 2.24) is 5.32 Å². The van der Waals surface area contributed by atoms with Crippen LogP contribution in [-0.2, 0) is 4.79 Å². The van der Waals surface area contributed by atoms with E-state index in [1.165, 1.54) is 51.4 Å². The van der Waals surface area contributed by atoms with E-state index >= 15 is 0 Å². The summed E-state index contributed by atoms with van der Waals surface area (Å²) in [5.74, 6) is 0.834. The van der Waals surface area contributed by atoms with E-state index in [1.807, 2.05) is 0 Å². The third-order valence-corrected chi connectivity index (χ3v) is 4.15. The van der Waals surface area contributed by atoms with E-state index in [9.17, 15) is 4.79 Å². The minimum Gasteiger partial charge on any atom is -0.355 e. The van der Waals surface area contributed by atoms with Crippen molar-refractivity contribution in [2.75, 3.05) is 6.54 Å². The SMILES string of the molecule is CCCCCCCCCC(=O)NCC(Cl)C1CC1. The molecule has 106 valence electrons. The summed E-state index contributed by atoms with van der Waals surface area (Å²) in [4.78, 5) is 11.6. The molecule has 0 radical (unpaired) electrons. The van der Waals surface area contributed by atoms with Crippen LogP contribution in [0.15, 0.2) is 0 Å². The van der Waals surface area contributed by atoms with E-state index in [0.29, 0.717) is 18.9 Å². The Morgan fingerprint density at radius 3 is 2.39 bits per heavy atom. The van der Waals surface area contributed by atoms with Gasteiger partial charge in [0.05, 0.1) is 5.38 Å². The molecule has 0 aromatic rings. The van der Waals surface area contributed by atoms with E-state index < -0.39 is 0 Å². The lowest BCUT2D eigenvalue weighted by atomic mass is 10.1. The summed E-state index contributed by atoms with van der Waals surface area (Å²) >= 11 is 6.14.